The summed E-state index contributed by atoms with van der Waals surface area (Å²) in [4.78, 5) is 36.1. The maximum absolute atomic E-state index is 12.3. The van der Waals surface area contributed by atoms with Crippen molar-refractivity contribution in [2.45, 2.75) is 36.5 Å². The normalized spacial score (nSPS) is 13.4. The largest absolute Gasteiger partial charge is 0.445 e. The number of nitrogens with one attached hydrogen (secondary N) is 2. The van der Waals surface area contributed by atoms with Crippen molar-refractivity contribution in [2.24, 2.45) is 5.73 Å². The summed E-state index contributed by atoms with van der Waals surface area (Å²) in [7, 11) is -1.34. The molecule has 172 valence electrons. The minimum Gasteiger partial charge on any atom is -0.445 e. The number of amides is 3. The summed E-state index contributed by atoms with van der Waals surface area (Å²) in [5.74, 6) is -1.25. The first-order chi connectivity index (χ1) is 15.3. The number of aliphatic hydroxyl groups is 1. The number of alkyl carbamates (subject to hydrolysis) is 1. The van der Waals surface area contributed by atoms with Crippen LogP contribution in [0.25, 0.3) is 0 Å². The molecule has 0 fully saturated rings. The topological polar surface area (TPSA) is 148 Å². The van der Waals surface area contributed by atoms with E-state index in [1.165, 1.54) is 0 Å². The molecule has 0 heterocycles. The Morgan fingerprint density at radius 1 is 1.03 bits per heavy atom. The van der Waals surface area contributed by atoms with Crippen LogP contribution in [0.4, 0.5) is 4.79 Å². The molecule has 3 amide bonds. The minimum absolute atomic E-state index is 0.0773. The number of hydrogen-bond acceptors (Lipinski definition) is 6. The van der Waals surface area contributed by atoms with Gasteiger partial charge in [0.1, 0.15) is 12.6 Å². The van der Waals surface area contributed by atoms with E-state index in [9.17, 15) is 23.7 Å². The first kappa shape index (κ1) is 25.0. The van der Waals surface area contributed by atoms with Crippen LogP contribution in [0.2, 0.25) is 0 Å². The Morgan fingerprint density at radius 3 is 2.28 bits per heavy atom. The van der Waals surface area contributed by atoms with Crippen molar-refractivity contribution in [3.05, 3.63) is 66.2 Å². The zero-order valence-corrected chi connectivity index (χ0v) is 18.3. The highest BCUT2D eigenvalue weighted by molar-refractivity contribution is 7.85. The van der Waals surface area contributed by atoms with Gasteiger partial charge in [-0.25, -0.2) is 4.79 Å². The maximum atomic E-state index is 12.3. The van der Waals surface area contributed by atoms with E-state index in [0.29, 0.717) is 4.90 Å². The van der Waals surface area contributed by atoms with Gasteiger partial charge in [0.05, 0.1) is 23.3 Å². The molecular formula is C22H27N3O6S. The molecule has 32 heavy (non-hydrogen) atoms. The third-order valence-electron chi connectivity index (χ3n) is 4.39. The lowest BCUT2D eigenvalue weighted by atomic mass is 10.2. The van der Waals surface area contributed by atoms with Gasteiger partial charge in [-0.2, -0.15) is 0 Å². The SMILES string of the molecule is NC(=O)[C@H](CC[S@](=O)c1ccccc1)NC(=O)C[C@H](O)CNC(=O)OCc1ccccc1. The number of ether oxygens (including phenoxy) is 1. The van der Waals surface area contributed by atoms with Gasteiger partial charge in [-0.1, -0.05) is 48.5 Å². The van der Waals surface area contributed by atoms with E-state index in [0.717, 1.165) is 5.56 Å². The lowest BCUT2D eigenvalue weighted by molar-refractivity contribution is -0.128. The molecule has 0 radical (unpaired) electrons. The predicted molar refractivity (Wildman–Crippen MR) is 119 cm³/mol. The molecule has 3 atom stereocenters. The first-order valence-electron chi connectivity index (χ1n) is 10.00. The van der Waals surface area contributed by atoms with Crippen molar-refractivity contribution >= 4 is 28.7 Å². The molecule has 0 saturated carbocycles. The van der Waals surface area contributed by atoms with Gasteiger partial charge in [-0.15, -0.1) is 0 Å². The molecule has 0 saturated heterocycles. The van der Waals surface area contributed by atoms with Gasteiger partial charge in [-0.05, 0) is 24.1 Å². The van der Waals surface area contributed by atoms with Crippen molar-refractivity contribution in [3.63, 3.8) is 0 Å². The van der Waals surface area contributed by atoms with E-state index >= 15 is 0 Å². The molecule has 0 bridgehead atoms. The van der Waals surface area contributed by atoms with E-state index in [2.05, 4.69) is 10.6 Å². The van der Waals surface area contributed by atoms with Gasteiger partial charge in [-0.3, -0.25) is 13.8 Å². The molecule has 5 N–H and O–H groups in total. The van der Waals surface area contributed by atoms with Crippen LogP contribution in [0.3, 0.4) is 0 Å². The molecule has 0 aliphatic rings. The van der Waals surface area contributed by atoms with Crippen molar-refractivity contribution in [2.75, 3.05) is 12.3 Å². The van der Waals surface area contributed by atoms with Gasteiger partial charge in [0.15, 0.2) is 0 Å². The van der Waals surface area contributed by atoms with Gasteiger partial charge >= 0.3 is 6.09 Å². The van der Waals surface area contributed by atoms with Crippen LogP contribution in [0, 0.1) is 0 Å². The van der Waals surface area contributed by atoms with Crippen LogP contribution in [0.15, 0.2) is 65.6 Å². The molecule has 2 aromatic rings. The Morgan fingerprint density at radius 2 is 1.66 bits per heavy atom. The van der Waals surface area contributed by atoms with Crippen LogP contribution in [0.5, 0.6) is 0 Å². The second-order valence-electron chi connectivity index (χ2n) is 6.97. The average molecular weight is 462 g/mol. The third-order valence-corrected chi connectivity index (χ3v) is 5.80. The predicted octanol–water partition coefficient (Wildman–Crippen LogP) is 0.832. The molecule has 0 spiro atoms. The first-order valence-corrected chi connectivity index (χ1v) is 11.3. The molecule has 9 nitrogen and oxygen atoms in total. The summed E-state index contributed by atoms with van der Waals surface area (Å²) >= 11 is 0. The number of hydrogen-bond donors (Lipinski definition) is 4. The van der Waals surface area contributed by atoms with E-state index in [1.807, 2.05) is 18.2 Å². The number of aliphatic hydroxyl groups excluding tert-OH is 1. The van der Waals surface area contributed by atoms with E-state index in [1.54, 1.807) is 42.5 Å². The van der Waals surface area contributed by atoms with Crippen molar-refractivity contribution in [1.29, 1.82) is 0 Å². The number of carbonyl (C=O) groups is 3. The quantitative estimate of drug-likeness (QED) is 0.368. The third kappa shape index (κ3) is 9.27. The van der Waals surface area contributed by atoms with Gasteiger partial charge in [0.2, 0.25) is 11.8 Å². The summed E-state index contributed by atoms with van der Waals surface area (Å²) in [5.41, 5.74) is 6.14. The lowest BCUT2D eigenvalue weighted by Crippen LogP contribution is -2.46. The summed E-state index contributed by atoms with van der Waals surface area (Å²) < 4.78 is 17.3. The zero-order chi connectivity index (χ0) is 23.3. The Bertz CT molecular complexity index is 910. The molecule has 2 rings (SSSR count). The fourth-order valence-electron chi connectivity index (χ4n) is 2.72. The Hall–Kier alpha value is -3.24. The van der Waals surface area contributed by atoms with Crippen LogP contribution in [-0.2, 0) is 31.7 Å². The molecular weight excluding hydrogens is 434 g/mol. The smallest absolute Gasteiger partial charge is 0.407 e. The van der Waals surface area contributed by atoms with Crippen LogP contribution >= 0.6 is 0 Å². The fourth-order valence-corrected chi connectivity index (χ4v) is 3.86. The molecule has 0 aliphatic carbocycles. The van der Waals surface area contributed by atoms with Crippen molar-refractivity contribution in [3.8, 4) is 0 Å². The van der Waals surface area contributed by atoms with Gasteiger partial charge in [0.25, 0.3) is 0 Å². The van der Waals surface area contributed by atoms with Crippen molar-refractivity contribution < 1.29 is 28.4 Å². The Balaban J connectivity index is 1.70. The fraction of sp³-hybridized carbons (Fsp3) is 0.318. The van der Waals surface area contributed by atoms with Crippen LogP contribution in [-0.4, -0.2) is 51.7 Å². The number of carbonyl (C=O) groups excluding carboxylic acids is 3. The monoisotopic (exact) mass is 461 g/mol. The summed E-state index contributed by atoms with van der Waals surface area (Å²) in [5, 5.41) is 14.8. The van der Waals surface area contributed by atoms with Gasteiger partial charge < -0.3 is 26.2 Å². The second kappa shape index (κ2) is 13.2. The molecule has 2 aromatic carbocycles. The highest BCUT2D eigenvalue weighted by atomic mass is 32.2. The number of primary amides is 1. The second-order valence-corrected chi connectivity index (χ2v) is 8.55. The lowest BCUT2D eigenvalue weighted by Gasteiger charge is -2.17. The zero-order valence-electron chi connectivity index (χ0n) is 17.4. The van der Waals surface area contributed by atoms with Crippen LogP contribution < -0.4 is 16.4 Å². The molecule has 0 aromatic heterocycles. The standard InChI is InChI=1S/C22H27N3O6S/c23-21(28)19(11-12-32(30)18-9-5-2-6-10-18)25-20(27)13-17(26)14-24-22(29)31-15-16-7-3-1-4-8-16/h1-10,17,19,26H,11-15H2,(H2,23,28)(H,24,29)(H,25,27)/t17-,19-,32-/m0/s1. The average Bonchev–Trinajstić information content (AvgIpc) is 2.79. The molecule has 0 aliphatic heterocycles. The highest BCUT2D eigenvalue weighted by Gasteiger charge is 2.21. The van der Waals surface area contributed by atoms with E-state index in [-0.39, 0.29) is 31.7 Å². The summed E-state index contributed by atoms with van der Waals surface area (Å²) in [6.45, 7) is -0.131. The van der Waals surface area contributed by atoms with E-state index in [4.69, 9.17) is 10.5 Å². The number of rotatable bonds is 12. The summed E-state index contributed by atoms with van der Waals surface area (Å²) in [6.07, 6.45) is -2.19. The van der Waals surface area contributed by atoms with Crippen molar-refractivity contribution in [1.82, 2.24) is 10.6 Å². The molecule has 10 heteroatoms. The Kier molecular flexibility index (Phi) is 10.3. The molecule has 0 unspecified atom stereocenters. The number of benzene rings is 2. The maximum Gasteiger partial charge on any atom is 0.407 e. The minimum atomic E-state index is -1.34. The highest BCUT2D eigenvalue weighted by Crippen LogP contribution is 2.08. The summed E-state index contributed by atoms with van der Waals surface area (Å²) in [6, 6.07) is 16.8. The van der Waals surface area contributed by atoms with Crippen LogP contribution in [0.1, 0.15) is 18.4 Å². The Labute approximate surface area is 188 Å². The van der Waals surface area contributed by atoms with E-state index < -0.39 is 40.9 Å². The number of nitrogens with two attached hydrogens (primary N) is 1. The van der Waals surface area contributed by atoms with Gasteiger partial charge in [0, 0.05) is 17.2 Å².